The number of nitrogens with zero attached hydrogens (tertiary/aromatic N) is 4. The molecule has 0 saturated heterocycles. The minimum atomic E-state index is -3.35. The molecule has 8 nitrogen and oxygen atoms in total. The molecule has 0 spiro atoms. The summed E-state index contributed by atoms with van der Waals surface area (Å²) in [6.45, 7) is 2.95. The van der Waals surface area contributed by atoms with Crippen LogP contribution >= 0.6 is 0 Å². The van der Waals surface area contributed by atoms with Crippen LogP contribution in [0.1, 0.15) is 66.7 Å². The molecule has 3 N–H and O–H groups in total. The van der Waals surface area contributed by atoms with E-state index in [9.17, 15) is 9.00 Å². The summed E-state index contributed by atoms with van der Waals surface area (Å²) in [5, 5.41) is 13.2. The van der Waals surface area contributed by atoms with Crippen LogP contribution in [0.2, 0.25) is 0 Å². The standard InChI is InChI=1S/C20H26N6O2S/c1-12-8-9-14-18(12)23-15-6-4-5-13(15)19(14)24-20(27)25-29(21,28)17-11-22-26-10-3-2-7-16(17)26/h11-12H,2-10H2,1H3,(H3,21,23,24,25,27,28). The number of amides is 2. The fourth-order valence-corrected chi connectivity index (χ4v) is 6.03. The summed E-state index contributed by atoms with van der Waals surface area (Å²) in [4.78, 5) is 18.0. The van der Waals surface area contributed by atoms with Gasteiger partial charge in [-0.3, -0.25) is 9.67 Å². The van der Waals surface area contributed by atoms with Crippen LogP contribution in [0.25, 0.3) is 0 Å². The lowest BCUT2D eigenvalue weighted by Gasteiger charge is -2.16. The Morgan fingerprint density at radius 2 is 2.10 bits per heavy atom. The monoisotopic (exact) mass is 414 g/mol. The molecule has 29 heavy (non-hydrogen) atoms. The van der Waals surface area contributed by atoms with E-state index < -0.39 is 15.9 Å². The summed E-state index contributed by atoms with van der Waals surface area (Å²) in [7, 11) is -3.35. The van der Waals surface area contributed by atoms with E-state index in [1.54, 1.807) is 0 Å². The molecule has 3 heterocycles. The first kappa shape index (κ1) is 18.7. The zero-order valence-electron chi connectivity index (χ0n) is 16.6. The van der Waals surface area contributed by atoms with E-state index >= 15 is 0 Å². The summed E-state index contributed by atoms with van der Waals surface area (Å²) in [5.41, 5.74) is 6.03. The summed E-state index contributed by atoms with van der Waals surface area (Å²) < 4.78 is 18.9. The number of aryl methyl sites for hydroxylation is 2. The zero-order chi connectivity index (χ0) is 20.2. The van der Waals surface area contributed by atoms with Crippen LogP contribution in [0.3, 0.4) is 0 Å². The third-order valence-electron chi connectivity index (χ3n) is 6.36. The van der Waals surface area contributed by atoms with Crippen molar-refractivity contribution in [2.75, 3.05) is 5.32 Å². The number of anilines is 1. The van der Waals surface area contributed by atoms with Gasteiger partial charge in [-0.1, -0.05) is 6.92 Å². The minimum absolute atomic E-state index is 0.381. The van der Waals surface area contributed by atoms with Gasteiger partial charge in [-0.15, -0.1) is 4.36 Å². The van der Waals surface area contributed by atoms with E-state index in [-0.39, 0.29) is 0 Å². The average Bonchev–Trinajstić information content (AvgIpc) is 3.40. The van der Waals surface area contributed by atoms with Gasteiger partial charge in [0, 0.05) is 17.9 Å². The molecule has 1 aliphatic heterocycles. The number of carbonyl (C=O) groups excluding carboxylic acids is 1. The summed E-state index contributed by atoms with van der Waals surface area (Å²) in [6, 6.07) is -0.657. The van der Waals surface area contributed by atoms with Crippen LogP contribution in [-0.2, 0) is 42.1 Å². The zero-order valence-corrected chi connectivity index (χ0v) is 17.4. The molecule has 2 aromatic rings. The molecule has 2 atom stereocenters. The Bertz CT molecular complexity index is 1130. The third-order valence-corrected chi connectivity index (χ3v) is 7.77. The molecule has 0 saturated carbocycles. The number of nitrogens with two attached hydrogens (primary N) is 1. The molecule has 2 unspecified atom stereocenters. The SMILES string of the molecule is CC1CCc2c1nc1c(c2NC(=O)N=S(N)(=O)c2cnn3c2CCCC3)CCC1. The molecule has 2 aromatic heterocycles. The smallest absolute Gasteiger partial charge is 0.305 e. The average molecular weight is 415 g/mol. The van der Waals surface area contributed by atoms with Crippen molar-refractivity contribution in [1.82, 2.24) is 14.8 Å². The second-order valence-electron chi connectivity index (χ2n) is 8.29. The highest BCUT2D eigenvalue weighted by Crippen LogP contribution is 2.41. The Morgan fingerprint density at radius 1 is 1.24 bits per heavy atom. The van der Waals surface area contributed by atoms with Gasteiger partial charge in [-0.2, -0.15) is 5.10 Å². The van der Waals surface area contributed by atoms with Crippen LogP contribution in [0.15, 0.2) is 15.5 Å². The second-order valence-corrected chi connectivity index (χ2v) is 10.1. The highest BCUT2D eigenvalue weighted by atomic mass is 32.2. The molecule has 0 fully saturated rings. The second kappa shape index (κ2) is 6.91. The molecule has 5 rings (SSSR count). The number of nitrogens with one attached hydrogen (secondary N) is 1. The largest absolute Gasteiger partial charge is 0.354 e. The van der Waals surface area contributed by atoms with Gasteiger partial charge in [-0.25, -0.2) is 14.1 Å². The lowest BCUT2D eigenvalue weighted by Crippen LogP contribution is -2.21. The number of urea groups is 1. The number of hydrogen-bond acceptors (Lipinski definition) is 4. The molecule has 2 aliphatic carbocycles. The first-order valence-corrected chi connectivity index (χ1v) is 12.0. The molecule has 3 aliphatic rings. The van der Waals surface area contributed by atoms with Crippen molar-refractivity contribution in [2.45, 2.75) is 75.6 Å². The van der Waals surface area contributed by atoms with Crippen LogP contribution in [0, 0.1) is 0 Å². The fourth-order valence-electron chi connectivity index (χ4n) is 4.89. The van der Waals surface area contributed by atoms with Gasteiger partial charge in [0.1, 0.15) is 14.8 Å². The van der Waals surface area contributed by atoms with E-state index in [1.165, 1.54) is 6.20 Å². The highest BCUT2D eigenvalue weighted by molar-refractivity contribution is 7.91. The van der Waals surface area contributed by atoms with Gasteiger partial charge >= 0.3 is 6.03 Å². The Balaban J connectivity index is 1.50. The number of fused-ring (bicyclic) bond motifs is 3. The van der Waals surface area contributed by atoms with Crippen LogP contribution < -0.4 is 10.5 Å². The number of carbonyl (C=O) groups is 1. The predicted octanol–water partition coefficient (Wildman–Crippen LogP) is 3.09. The first-order valence-electron chi connectivity index (χ1n) is 10.4. The van der Waals surface area contributed by atoms with E-state index in [1.807, 2.05) is 4.68 Å². The van der Waals surface area contributed by atoms with Crippen molar-refractivity contribution in [3.8, 4) is 0 Å². The maximum atomic E-state index is 13.1. The van der Waals surface area contributed by atoms with Gasteiger partial charge in [0.15, 0.2) is 0 Å². The summed E-state index contributed by atoms with van der Waals surface area (Å²) >= 11 is 0. The maximum Gasteiger partial charge on any atom is 0.354 e. The van der Waals surface area contributed by atoms with Crippen LogP contribution in [0.4, 0.5) is 10.5 Å². The Labute approximate surface area is 170 Å². The van der Waals surface area contributed by atoms with E-state index in [2.05, 4.69) is 21.7 Å². The topological polar surface area (TPSA) is 115 Å². The van der Waals surface area contributed by atoms with Crippen molar-refractivity contribution in [3.05, 3.63) is 34.4 Å². The summed E-state index contributed by atoms with van der Waals surface area (Å²) in [6.07, 6.45) is 9.08. The van der Waals surface area contributed by atoms with Crippen molar-refractivity contribution in [3.63, 3.8) is 0 Å². The molecule has 2 amide bonds. The van der Waals surface area contributed by atoms with Crippen LogP contribution in [0.5, 0.6) is 0 Å². The molecule has 0 bridgehead atoms. The number of rotatable bonds is 2. The van der Waals surface area contributed by atoms with Crippen molar-refractivity contribution in [2.24, 2.45) is 9.50 Å². The Hall–Kier alpha value is -2.26. The van der Waals surface area contributed by atoms with Gasteiger partial charge < -0.3 is 5.32 Å². The van der Waals surface area contributed by atoms with Gasteiger partial charge in [-0.05, 0) is 68.4 Å². The van der Waals surface area contributed by atoms with Gasteiger partial charge in [0.2, 0.25) is 0 Å². The molecule has 0 aromatic carbocycles. The maximum absolute atomic E-state index is 13.1. The number of aromatic nitrogens is 3. The lowest BCUT2D eigenvalue weighted by atomic mass is 10.0. The van der Waals surface area contributed by atoms with E-state index in [4.69, 9.17) is 10.1 Å². The highest BCUT2D eigenvalue weighted by Gasteiger charge is 2.30. The Kier molecular flexibility index (Phi) is 4.47. The molecule has 9 heteroatoms. The fraction of sp³-hybridized carbons (Fsp3) is 0.550. The van der Waals surface area contributed by atoms with Crippen molar-refractivity contribution >= 4 is 21.6 Å². The van der Waals surface area contributed by atoms with Crippen molar-refractivity contribution < 1.29 is 9.00 Å². The quantitative estimate of drug-likeness (QED) is 0.785. The van der Waals surface area contributed by atoms with Crippen LogP contribution in [-0.4, -0.2) is 25.0 Å². The summed E-state index contributed by atoms with van der Waals surface area (Å²) in [5.74, 6) is 0.390. The van der Waals surface area contributed by atoms with Gasteiger partial charge in [0.05, 0.1) is 17.6 Å². The third kappa shape index (κ3) is 3.16. The van der Waals surface area contributed by atoms with Gasteiger partial charge in [0.25, 0.3) is 0 Å². The normalized spacial score (nSPS) is 21.8. The number of hydrogen-bond donors (Lipinski definition) is 2. The first-order chi connectivity index (χ1) is 13.9. The lowest BCUT2D eigenvalue weighted by molar-refractivity contribution is 0.260. The molecular formula is C20H26N6O2S. The van der Waals surface area contributed by atoms with Crippen molar-refractivity contribution in [1.29, 1.82) is 0 Å². The molecule has 154 valence electrons. The predicted molar refractivity (Wildman–Crippen MR) is 110 cm³/mol. The van der Waals surface area contributed by atoms with E-state index in [0.717, 1.165) is 91.8 Å². The Morgan fingerprint density at radius 3 is 2.97 bits per heavy atom. The molecular weight excluding hydrogens is 388 g/mol. The van der Waals surface area contributed by atoms with E-state index in [0.29, 0.717) is 10.8 Å². The minimum Gasteiger partial charge on any atom is -0.305 e. The molecule has 0 radical (unpaired) electrons. The number of pyridine rings is 1.